The second kappa shape index (κ2) is 20.8. The molecule has 1 heterocycles. The summed E-state index contributed by atoms with van der Waals surface area (Å²) in [5.41, 5.74) is 1.21. The van der Waals surface area contributed by atoms with Gasteiger partial charge in [0.25, 0.3) is 0 Å². The van der Waals surface area contributed by atoms with Crippen LogP contribution in [0.4, 0.5) is 11.4 Å². The number of azo groups is 1. The Morgan fingerprint density at radius 2 is 1.15 bits per heavy atom. The summed E-state index contributed by atoms with van der Waals surface area (Å²) in [6.45, 7) is 8.91. The lowest BCUT2D eigenvalue weighted by molar-refractivity contribution is 0.00708. The smallest absolute Gasteiger partial charge is 0.163 e. The van der Waals surface area contributed by atoms with Gasteiger partial charge in [-0.3, -0.25) is 0 Å². The van der Waals surface area contributed by atoms with Crippen molar-refractivity contribution < 1.29 is 47.4 Å². The predicted molar refractivity (Wildman–Crippen MR) is 151 cm³/mol. The van der Waals surface area contributed by atoms with Crippen molar-refractivity contribution in [3.05, 3.63) is 36.4 Å². The largest absolute Gasteiger partial charge is 0.490 e. The van der Waals surface area contributed by atoms with Gasteiger partial charge in [-0.05, 0) is 31.2 Å². The molecule has 1 aliphatic rings. The van der Waals surface area contributed by atoms with Crippen LogP contribution in [0.2, 0.25) is 0 Å². The van der Waals surface area contributed by atoms with Crippen molar-refractivity contribution in [2.75, 3.05) is 106 Å². The highest BCUT2D eigenvalue weighted by molar-refractivity contribution is 5.54. The van der Waals surface area contributed by atoms with Crippen LogP contribution in [0, 0.1) is 0 Å². The van der Waals surface area contributed by atoms with Crippen LogP contribution in [0.15, 0.2) is 46.6 Å². The van der Waals surface area contributed by atoms with E-state index >= 15 is 0 Å². The first-order chi connectivity index (χ1) is 20.3. The molecule has 0 aromatic heterocycles. The molecule has 0 radical (unpaired) electrons. The number of fused-ring (bicyclic) bond motifs is 1. The van der Waals surface area contributed by atoms with Crippen molar-refractivity contribution in [3.63, 3.8) is 0 Å². The first-order valence-corrected chi connectivity index (χ1v) is 13.9. The maximum atomic E-state index is 5.92. The summed E-state index contributed by atoms with van der Waals surface area (Å²) in [5, 5.41) is 8.79. The molecule has 0 spiro atoms. The fraction of sp³-hybridized carbons (Fsp3) is 0.586. The van der Waals surface area contributed by atoms with E-state index in [1.165, 1.54) is 0 Å². The molecule has 12 heteroatoms. The normalized spacial score (nSPS) is 15.3. The van der Waals surface area contributed by atoms with E-state index in [9.17, 15) is 0 Å². The van der Waals surface area contributed by atoms with Crippen LogP contribution in [0.1, 0.15) is 6.92 Å². The molecule has 0 saturated heterocycles. The number of hydrogen-bond donors (Lipinski definition) is 0. The van der Waals surface area contributed by atoms with Gasteiger partial charge in [0.15, 0.2) is 23.0 Å². The second-order valence-electron chi connectivity index (χ2n) is 8.50. The molecule has 228 valence electrons. The van der Waals surface area contributed by atoms with Gasteiger partial charge >= 0.3 is 0 Å². The van der Waals surface area contributed by atoms with E-state index in [1.807, 2.05) is 25.1 Å². The molecule has 0 saturated carbocycles. The molecule has 41 heavy (non-hydrogen) atoms. The molecule has 2 aromatic rings. The van der Waals surface area contributed by atoms with Gasteiger partial charge in [-0.1, -0.05) is 0 Å². The Morgan fingerprint density at radius 3 is 1.80 bits per heavy atom. The van der Waals surface area contributed by atoms with Gasteiger partial charge in [0.2, 0.25) is 0 Å². The molecule has 12 nitrogen and oxygen atoms in total. The van der Waals surface area contributed by atoms with Crippen LogP contribution in [-0.2, 0) is 28.4 Å². The van der Waals surface area contributed by atoms with Crippen molar-refractivity contribution in [3.8, 4) is 23.0 Å². The Bertz CT molecular complexity index is 1010. The lowest BCUT2D eigenvalue weighted by Crippen LogP contribution is -2.13. The lowest BCUT2D eigenvalue weighted by Gasteiger charge is -2.13. The van der Waals surface area contributed by atoms with E-state index < -0.39 is 0 Å². The predicted octanol–water partition coefficient (Wildman–Crippen LogP) is 4.38. The summed E-state index contributed by atoms with van der Waals surface area (Å²) in [4.78, 5) is 0. The molecule has 2 aromatic carbocycles. The van der Waals surface area contributed by atoms with Crippen LogP contribution >= 0.6 is 0 Å². The number of benzene rings is 2. The van der Waals surface area contributed by atoms with Gasteiger partial charge < -0.3 is 47.4 Å². The van der Waals surface area contributed by atoms with E-state index in [0.717, 1.165) is 0 Å². The minimum atomic E-state index is 0.350. The molecule has 0 fully saturated rings. The summed E-state index contributed by atoms with van der Waals surface area (Å²) >= 11 is 0. The second-order valence-corrected chi connectivity index (χ2v) is 8.50. The van der Waals surface area contributed by atoms with Crippen molar-refractivity contribution in [1.29, 1.82) is 0 Å². The Balaban J connectivity index is 1.58. The van der Waals surface area contributed by atoms with Gasteiger partial charge in [0.1, 0.15) is 19.8 Å². The Labute approximate surface area is 241 Å². The zero-order valence-electron chi connectivity index (χ0n) is 24.0. The van der Waals surface area contributed by atoms with Crippen molar-refractivity contribution in [1.82, 2.24) is 0 Å². The zero-order valence-corrected chi connectivity index (χ0v) is 24.0. The molecule has 0 unspecified atom stereocenters. The van der Waals surface area contributed by atoms with Crippen LogP contribution in [0.25, 0.3) is 0 Å². The molecule has 0 aliphatic carbocycles. The number of rotatable bonds is 14. The molecule has 0 bridgehead atoms. The monoisotopic (exact) mass is 578 g/mol. The minimum absolute atomic E-state index is 0.350. The third kappa shape index (κ3) is 13.5. The van der Waals surface area contributed by atoms with Crippen LogP contribution in [0.3, 0.4) is 0 Å². The van der Waals surface area contributed by atoms with E-state index in [-0.39, 0.29) is 0 Å². The topological polar surface area (TPSA) is 117 Å². The Hall–Kier alpha value is -3.00. The molecular weight excluding hydrogens is 536 g/mol. The summed E-state index contributed by atoms with van der Waals surface area (Å²) in [6, 6.07) is 10.8. The third-order valence-corrected chi connectivity index (χ3v) is 5.44. The number of hydrogen-bond acceptors (Lipinski definition) is 12. The van der Waals surface area contributed by atoms with E-state index in [4.69, 9.17) is 47.4 Å². The van der Waals surface area contributed by atoms with Gasteiger partial charge in [0, 0.05) is 19.2 Å². The first-order valence-electron chi connectivity index (χ1n) is 13.9. The molecule has 0 N–H and O–H groups in total. The highest BCUT2D eigenvalue weighted by Crippen LogP contribution is 2.35. The highest BCUT2D eigenvalue weighted by Gasteiger charge is 2.10. The zero-order chi connectivity index (χ0) is 28.8. The van der Waals surface area contributed by atoms with Gasteiger partial charge in [-0.25, -0.2) is 0 Å². The first kappa shape index (κ1) is 32.5. The Morgan fingerprint density at radius 1 is 0.585 bits per heavy atom. The maximum Gasteiger partial charge on any atom is 0.163 e. The van der Waals surface area contributed by atoms with Gasteiger partial charge in [0.05, 0.1) is 90.7 Å². The quantitative estimate of drug-likeness (QED) is 0.236. The van der Waals surface area contributed by atoms with Crippen LogP contribution in [0.5, 0.6) is 23.0 Å². The molecular formula is C29H42N2O10. The summed E-state index contributed by atoms with van der Waals surface area (Å²) in [5.74, 6) is 2.34. The third-order valence-electron chi connectivity index (χ3n) is 5.44. The number of methoxy groups -OCH3 is 1. The highest BCUT2D eigenvalue weighted by atomic mass is 16.6. The summed E-state index contributed by atoms with van der Waals surface area (Å²) in [7, 11) is 1.64. The molecule has 3 rings (SSSR count). The standard InChI is InChI=1S/C29H42N2O10/c1-3-38-26-6-4-24(22-28(26)40-20-17-36-13-10-33-9-8-32-2)30-31-25-5-7-27-29(23-25)41-21-18-37-15-12-34-11-14-35-16-19-39-27/h4-7,22-23H,3,8-21H2,1-2H3. The van der Waals surface area contributed by atoms with Gasteiger partial charge in [-0.15, -0.1) is 0 Å². The fourth-order valence-corrected chi connectivity index (χ4v) is 3.49. The summed E-state index contributed by atoms with van der Waals surface area (Å²) < 4.78 is 55.8. The molecule has 0 atom stereocenters. The molecule has 0 amide bonds. The van der Waals surface area contributed by atoms with E-state index in [0.29, 0.717) is 133 Å². The van der Waals surface area contributed by atoms with Crippen molar-refractivity contribution in [2.45, 2.75) is 6.92 Å². The van der Waals surface area contributed by atoms with Crippen molar-refractivity contribution >= 4 is 11.4 Å². The average molecular weight is 579 g/mol. The molecule has 1 aliphatic heterocycles. The number of nitrogens with zero attached hydrogens (tertiary/aromatic N) is 2. The fourth-order valence-electron chi connectivity index (χ4n) is 3.49. The van der Waals surface area contributed by atoms with Gasteiger partial charge in [-0.2, -0.15) is 10.2 Å². The maximum absolute atomic E-state index is 5.92. The average Bonchev–Trinajstić information content (AvgIpc) is 3.00. The Kier molecular flexibility index (Phi) is 16.5. The number of ether oxygens (including phenoxy) is 10. The summed E-state index contributed by atoms with van der Waals surface area (Å²) in [6.07, 6.45) is 0. The van der Waals surface area contributed by atoms with Crippen LogP contribution < -0.4 is 18.9 Å². The van der Waals surface area contributed by atoms with Crippen LogP contribution in [-0.4, -0.2) is 106 Å². The van der Waals surface area contributed by atoms with E-state index in [1.54, 1.807) is 25.3 Å². The lowest BCUT2D eigenvalue weighted by atomic mass is 10.2. The SMILES string of the molecule is CCOc1ccc(N=Nc2ccc3c(c2)OCCOCCOCCOCCO3)cc1OCCOCCOCCOC. The minimum Gasteiger partial charge on any atom is -0.490 e. The van der Waals surface area contributed by atoms with Crippen molar-refractivity contribution in [2.24, 2.45) is 10.2 Å². The van der Waals surface area contributed by atoms with E-state index in [2.05, 4.69) is 10.2 Å².